The maximum atomic E-state index is 7.29. The lowest BCUT2D eigenvalue weighted by molar-refractivity contribution is 0.471. The lowest BCUT2D eigenvalue weighted by Crippen LogP contribution is -2.13. The van der Waals surface area contributed by atoms with E-state index >= 15 is 0 Å². The normalized spacial score (nSPS) is 18.8. The van der Waals surface area contributed by atoms with Gasteiger partial charge in [-0.15, -0.1) is 0 Å². The number of fused-ring (bicyclic) bond motifs is 1. The largest absolute Gasteiger partial charge is 0.461 e. The van der Waals surface area contributed by atoms with Gasteiger partial charge in [0.1, 0.15) is 12.0 Å². The van der Waals surface area contributed by atoms with E-state index in [4.69, 9.17) is 8.85 Å². The molecule has 0 atom stereocenters. The summed E-state index contributed by atoms with van der Waals surface area (Å²) < 4.78 is 27.1. The Kier molecular flexibility index (Phi) is 0.969. The molecule has 0 fully saturated rings. The lowest BCUT2D eigenvalue weighted by Gasteiger charge is -2.21. The topological polar surface area (TPSA) is 12.5 Å². The minimum atomic E-state index is -2.09. The van der Waals surface area contributed by atoms with Crippen molar-refractivity contribution in [3.63, 3.8) is 0 Å². The summed E-state index contributed by atoms with van der Waals surface area (Å²) in [5, 5.41) is 0. The second kappa shape index (κ2) is 2.55. The molecular weight excluding hydrogens is 150 g/mol. The van der Waals surface area contributed by atoms with Crippen LogP contribution in [0.2, 0.25) is 0 Å². The minimum Gasteiger partial charge on any atom is -0.461 e. The second-order valence-electron chi connectivity index (χ2n) is 2.70. The molecule has 12 heavy (non-hydrogen) atoms. The molecule has 0 radical (unpaired) electrons. The fraction of sp³-hybridized carbons (Fsp3) is 0.200. The van der Waals surface area contributed by atoms with Gasteiger partial charge in [-0.3, -0.25) is 0 Å². The molecule has 0 unspecified atom stereocenters. The Labute approximate surface area is 76.3 Å². The van der Waals surface area contributed by atoms with Crippen molar-refractivity contribution in [2.75, 3.05) is 11.9 Å². The average Bonchev–Trinajstić information content (AvgIpc) is 2.16. The SMILES string of the molecule is [2H]C([2H])([2H])c1ccc2c(c1)OC=CN2C. The molecule has 0 bridgehead atoms. The van der Waals surface area contributed by atoms with E-state index in [9.17, 15) is 0 Å². The van der Waals surface area contributed by atoms with E-state index in [-0.39, 0.29) is 0 Å². The molecule has 0 aliphatic carbocycles. The van der Waals surface area contributed by atoms with Crippen LogP contribution in [0.25, 0.3) is 0 Å². The lowest BCUT2D eigenvalue weighted by atomic mass is 10.2. The number of aryl methyl sites for hydroxylation is 1. The first-order valence-electron chi connectivity index (χ1n) is 5.19. The van der Waals surface area contributed by atoms with Crippen molar-refractivity contribution in [1.29, 1.82) is 0 Å². The molecule has 1 heterocycles. The molecule has 2 rings (SSSR count). The first-order valence-corrected chi connectivity index (χ1v) is 3.69. The molecular formula is C10H11NO. The molecule has 1 aromatic rings. The van der Waals surface area contributed by atoms with Gasteiger partial charge in [-0.1, -0.05) is 6.07 Å². The molecule has 1 aliphatic rings. The monoisotopic (exact) mass is 164 g/mol. The summed E-state index contributed by atoms with van der Waals surface area (Å²) in [5.41, 5.74) is 1.16. The van der Waals surface area contributed by atoms with Crippen molar-refractivity contribution in [2.45, 2.75) is 6.85 Å². The molecule has 1 aliphatic heterocycles. The van der Waals surface area contributed by atoms with Crippen LogP contribution < -0.4 is 9.64 Å². The van der Waals surface area contributed by atoms with E-state index < -0.39 is 6.85 Å². The summed E-state index contributed by atoms with van der Waals surface area (Å²) in [6.07, 6.45) is 3.31. The molecule has 0 saturated carbocycles. The van der Waals surface area contributed by atoms with Crippen molar-refractivity contribution < 1.29 is 8.85 Å². The molecule has 62 valence electrons. The highest BCUT2D eigenvalue weighted by Crippen LogP contribution is 2.31. The number of hydrogen-bond donors (Lipinski definition) is 0. The van der Waals surface area contributed by atoms with Crippen LogP contribution in [0.1, 0.15) is 9.68 Å². The van der Waals surface area contributed by atoms with Crippen molar-refractivity contribution >= 4 is 5.69 Å². The predicted octanol–water partition coefficient (Wildman–Crippen LogP) is 2.29. The van der Waals surface area contributed by atoms with Crippen LogP contribution in [0.3, 0.4) is 0 Å². The van der Waals surface area contributed by atoms with Gasteiger partial charge in [-0.05, 0) is 24.5 Å². The van der Waals surface area contributed by atoms with E-state index in [0.29, 0.717) is 11.3 Å². The summed E-state index contributed by atoms with van der Waals surface area (Å²) in [7, 11) is 1.88. The number of benzene rings is 1. The number of hydrogen-bond acceptors (Lipinski definition) is 2. The van der Waals surface area contributed by atoms with Crippen molar-refractivity contribution in [3.8, 4) is 5.75 Å². The maximum absolute atomic E-state index is 7.29. The van der Waals surface area contributed by atoms with E-state index in [2.05, 4.69) is 0 Å². The van der Waals surface area contributed by atoms with Crippen molar-refractivity contribution in [1.82, 2.24) is 0 Å². The number of rotatable bonds is 0. The van der Waals surface area contributed by atoms with E-state index in [1.54, 1.807) is 24.4 Å². The molecule has 0 spiro atoms. The van der Waals surface area contributed by atoms with Gasteiger partial charge in [0.15, 0.2) is 0 Å². The summed E-state index contributed by atoms with van der Waals surface area (Å²) in [6, 6.07) is 4.91. The smallest absolute Gasteiger partial charge is 0.150 e. The third-order valence-corrected chi connectivity index (χ3v) is 1.82. The zero-order valence-electron chi connectivity index (χ0n) is 9.74. The van der Waals surface area contributed by atoms with Crippen LogP contribution in [0.5, 0.6) is 5.75 Å². The zero-order valence-corrected chi connectivity index (χ0v) is 6.74. The fourth-order valence-corrected chi connectivity index (χ4v) is 1.18. The van der Waals surface area contributed by atoms with Crippen LogP contribution in [-0.4, -0.2) is 7.05 Å². The van der Waals surface area contributed by atoms with E-state index in [1.807, 2.05) is 11.9 Å². The minimum absolute atomic E-state index is 0.296. The number of ether oxygens (including phenoxy) is 1. The number of anilines is 1. The fourth-order valence-electron chi connectivity index (χ4n) is 1.18. The quantitative estimate of drug-likeness (QED) is 0.583. The zero-order chi connectivity index (χ0) is 11.1. The maximum Gasteiger partial charge on any atom is 0.150 e. The standard InChI is InChI=1S/C10H11NO/c1-8-3-4-9-10(7-8)12-6-5-11(9)2/h3-7H,1-2H3/i1D3. The first-order chi connectivity index (χ1) is 6.98. The van der Waals surface area contributed by atoms with Crippen molar-refractivity contribution in [3.05, 3.63) is 36.2 Å². The van der Waals surface area contributed by atoms with Gasteiger partial charge in [0.25, 0.3) is 0 Å². The van der Waals surface area contributed by atoms with Crippen LogP contribution in [0.15, 0.2) is 30.7 Å². The third kappa shape index (κ3) is 1.05. The van der Waals surface area contributed by atoms with Crippen molar-refractivity contribution in [2.24, 2.45) is 0 Å². The highest BCUT2D eigenvalue weighted by Gasteiger charge is 2.09. The molecule has 1 aromatic carbocycles. The third-order valence-electron chi connectivity index (χ3n) is 1.82. The Morgan fingerprint density at radius 3 is 3.25 bits per heavy atom. The van der Waals surface area contributed by atoms with Crippen LogP contribution in [0, 0.1) is 6.85 Å². The Morgan fingerprint density at radius 1 is 1.50 bits per heavy atom. The highest BCUT2D eigenvalue weighted by atomic mass is 16.5. The highest BCUT2D eigenvalue weighted by molar-refractivity contribution is 5.62. The summed E-state index contributed by atoms with van der Waals surface area (Å²) >= 11 is 0. The number of nitrogens with zero attached hydrogens (tertiary/aromatic N) is 1. The Hall–Kier alpha value is -1.44. The average molecular weight is 164 g/mol. The van der Waals surface area contributed by atoms with Gasteiger partial charge >= 0.3 is 0 Å². The van der Waals surface area contributed by atoms with Gasteiger partial charge in [-0.2, -0.15) is 0 Å². The Morgan fingerprint density at radius 2 is 2.42 bits per heavy atom. The second-order valence-corrected chi connectivity index (χ2v) is 2.70. The summed E-state index contributed by atoms with van der Waals surface area (Å²) in [6.45, 7) is -2.09. The van der Waals surface area contributed by atoms with Gasteiger partial charge in [0.05, 0.1) is 5.69 Å². The molecule has 2 heteroatoms. The molecule has 0 aromatic heterocycles. The molecule has 2 nitrogen and oxygen atoms in total. The molecule has 0 amide bonds. The van der Waals surface area contributed by atoms with E-state index in [0.717, 1.165) is 5.69 Å². The van der Waals surface area contributed by atoms with Crippen LogP contribution >= 0.6 is 0 Å². The summed E-state index contributed by atoms with van der Waals surface area (Å²) in [4.78, 5) is 1.88. The van der Waals surface area contributed by atoms with Gasteiger partial charge < -0.3 is 9.64 Å². The Bertz CT molecular complexity index is 412. The van der Waals surface area contributed by atoms with Crippen LogP contribution in [-0.2, 0) is 0 Å². The van der Waals surface area contributed by atoms with Gasteiger partial charge in [0, 0.05) is 17.4 Å². The van der Waals surface area contributed by atoms with E-state index in [1.165, 1.54) is 6.26 Å². The van der Waals surface area contributed by atoms with Gasteiger partial charge in [0.2, 0.25) is 0 Å². The Balaban J connectivity index is 2.45. The summed E-state index contributed by atoms with van der Waals surface area (Å²) in [5.74, 6) is 0.577. The predicted molar refractivity (Wildman–Crippen MR) is 49.4 cm³/mol. The molecule has 0 saturated heterocycles. The van der Waals surface area contributed by atoms with Crippen LogP contribution in [0.4, 0.5) is 5.69 Å². The first kappa shape index (κ1) is 4.55. The van der Waals surface area contributed by atoms with Gasteiger partial charge in [-0.25, -0.2) is 0 Å². The molecule has 0 N–H and O–H groups in total.